The quantitative estimate of drug-likeness (QED) is 0.644. The highest BCUT2D eigenvalue weighted by Gasteiger charge is 2.17. The minimum atomic E-state index is 0.542. The standard InChI is InChI=1S/C5H10S4/c1-4(6)5-8-2-7-3-9-5/h4-6H,2-3H2,1H3. The average Bonchev–Trinajstić information content (AvgIpc) is 1.90. The molecule has 1 rings (SSSR count). The van der Waals surface area contributed by atoms with Gasteiger partial charge >= 0.3 is 0 Å². The number of hydrogen-bond acceptors (Lipinski definition) is 4. The van der Waals surface area contributed by atoms with Gasteiger partial charge in [0.15, 0.2) is 0 Å². The van der Waals surface area contributed by atoms with Crippen LogP contribution in [0.1, 0.15) is 6.92 Å². The van der Waals surface area contributed by atoms with E-state index in [1.807, 2.05) is 35.3 Å². The van der Waals surface area contributed by atoms with Crippen LogP contribution in [0, 0.1) is 0 Å². The van der Waals surface area contributed by atoms with E-state index in [-0.39, 0.29) is 0 Å². The Balaban J connectivity index is 2.23. The van der Waals surface area contributed by atoms with Gasteiger partial charge in [0.25, 0.3) is 0 Å². The van der Waals surface area contributed by atoms with Crippen LogP contribution in [0.2, 0.25) is 0 Å². The molecule has 0 spiro atoms. The number of thiol groups is 1. The molecular formula is C5H10S4. The fourth-order valence-corrected chi connectivity index (χ4v) is 5.78. The summed E-state index contributed by atoms with van der Waals surface area (Å²) in [6.07, 6.45) is 0. The van der Waals surface area contributed by atoms with Gasteiger partial charge in [-0.1, -0.05) is 6.92 Å². The largest absolute Gasteiger partial charge is 0.174 e. The van der Waals surface area contributed by atoms with Gasteiger partial charge in [-0.25, -0.2) is 0 Å². The lowest BCUT2D eigenvalue weighted by Gasteiger charge is -2.22. The van der Waals surface area contributed by atoms with Crippen LogP contribution in [-0.2, 0) is 0 Å². The maximum absolute atomic E-state index is 4.39. The predicted octanol–water partition coefficient (Wildman–Crippen LogP) is 2.76. The summed E-state index contributed by atoms with van der Waals surface area (Å²) < 4.78 is 0.731. The summed E-state index contributed by atoms with van der Waals surface area (Å²) in [7, 11) is 0. The molecule has 0 aromatic rings. The highest BCUT2D eigenvalue weighted by atomic mass is 32.3. The molecule has 1 atom stereocenters. The van der Waals surface area contributed by atoms with Gasteiger partial charge in [0.2, 0.25) is 0 Å². The molecule has 1 unspecified atom stereocenters. The lowest BCUT2D eigenvalue weighted by molar-refractivity contribution is 1.09. The number of rotatable bonds is 1. The van der Waals surface area contributed by atoms with Crippen LogP contribution < -0.4 is 0 Å². The van der Waals surface area contributed by atoms with Gasteiger partial charge in [0.1, 0.15) is 0 Å². The lowest BCUT2D eigenvalue weighted by atomic mass is 10.5. The third kappa shape index (κ3) is 2.87. The Morgan fingerprint density at radius 1 is 1.44 bits per heavy atom. The SMILES string of the molecule is CC(S)C1SCSCS1. The van der Waals surface area contributed by atoms with Gasteiger partial charge in [0.05, 0.1) is 4.58 Å². The minimum absolute atomic E-state index is 0.542. The van der Waals surface area contributed by atoms with Crippen molar-refractivity contribution in [1.29, 1.82) is 0 Å². The van der Waals surface area contributed by atoms with Gasteiger partial charge in [0, 0.05) is 15.4 Å². The molecule has 9 heavy (non-hydrogen) atoms. The van der Waals surface area contributed by atoms with Crippen molar-refractivity contribution >= 4 is 47.9 Å². The fraction of sp³-hybridized carbons (Fsp3) is 1.00. The molecule has 0 saturated carbocycles. The summed E-state index contributed by atoms with van der Waals surface area (Å²) in [5.74, 6) is 0. The van der Waals surface area contributed by atoms with Crippen molar-refractivity contribution in [2.45, 2.75) is 16.8 Å². The molecule has 54 valence electrons. The van der Waals surface area contributed by atoms with Crippen molar-refractivity contribution in [3.63, 3.8) is 0 Å². The lowest BCUT2D eigenvalue weighted by Crippen LogP contribution is -2.13. The van der Waals surface area contributed by atoms with E-state index >= 15 is 0 Å². The second-order valence-electron chi connectivity index (χ2n) is 1.88. The van der Waals surface area contributed by atoms with E-state index in [9.17, 15) is 0 Å². The summed E-state index contributed by atoms with van der Waals surface area (Å²) >= 11 is 10.4. The summed E-state index contributed by atoms with van der Waals surface area (Å²) in [6, 6.07) is 0. The molecule has 0 aromatic heterocycles. The van der Waals surface area contributed by atoms with Gasteiger partial charge in [-0.15, -0.1) is 35.3 Å². The van der Waals surface area contributed by atoms with Crippen LogP contribution >= 0.6 is 47.9 Å². The normalized spacial score (nSPS) is 26.0. The monoisotopic (exact) mass is 198 g/mol. The Morgan fingerprint density at radius 2 is 2.00 bits per heavy atom. The molecule has 0 nitrogen and oxygen atoms in total. The Bertz CT molecular complexity index is 77.0. The second kappa shape index (κ2) is 4.31. The van der Waals surface area contributed by atoms with E-state index in [4.69, 9.17) is 0 Å². The van der Waals surface area contributed by atoms with Gasteiger partial charge < -0.3 is 0 Å². The van der Waals surface area contributed by atoms with E-state index in [1.165, 1.54) is 10.2 Å². The van der Waals surface area contributed by atoms with E-state index in [2.05, 4.69) is 19.6 Å². The van der Waals surface area contributed by atoms with Crippen molar-refractivity contribution in [2.24, 2.45) is 0 Å². The Morgan fingerprint density at radius 3 is 2.33 bits per heavy atom. The Hall–Kier alpha value is 1.40. The first-order valence-corrected chi connectivity index (χ1v) is 6.56. The van der Waals surface area contributed by atoms with E-state index in [0.29, 0.717) is 5.25 Å². The van der Waals surface area contributed by atoms with E-state index in [1.54, 1.807) is 0 Å². The summed E-state index contributed by atoms with van der Waals surface area (Å²) in [5, 5.41) is 3.05. The Labute approximate surface area is 74.7 Å². The molecule has 0 aliphatic carbocycles. The van der Waals surface area contributed by atoms with Crippen LogP contribution in [0.4, 0.5) is 0 Å². The van der Waals surface area contributed by atoms with Crippen LogP contribution in [0.3, 0.4) is 0 Å². The van der Waals surface area contributed by atoms with Gasteiger partial charge in [-0.2, -0.15) is 12.6 Å². The molecule has 4 heteroatoms. The molecular weight excluding hydrogens is 188 g/mol. The smallest absolute Gasteiger partial charge is 0.0632 e. The molecule has 1 aliphatic rings. The predicted molar refractivity (Wildman–Crippen MR) is 54.7 cm³/mol. The molecule has 0 amide bonds. The maximum atomic E-state index is 4.39. The fourth-order valence-electron chi connectivity index (χ4n) is 0.591. The molecule has 0 bridgehead atoms. The third-order valence-electron chi connectivity index (χ3n) is 1.03. The van der Waals surface area contributed by atoms with Crippen molar-refractivity contribution in [3.05, 3.63) is 0 Å². The van der Waals surface area contributed by atoms with Crippen LogP contribution in [0.25, 0.3) is 0 Å². The van der Waals surface area contributed by atoms with Crippen molar-refractivity contribution in [3.8, 4) is 0 Å². The average molecular weight is 198 g/mol. The molecule has 0 N–H and O–H groups in total. The van der Waals surface area contributed by atoms with Gasteiger partial charge in [-0.05, 0) is 0 Å². The zero-order valence-corrected chi connectivity index (χ0v) is 8.58. The second-order valence-corrected chi connectivity index (χ2v) is 6.97. The first kappa shape index (κ1) is 8.50. The first-order chi connectivity index (χ1) is 4.30. The molecule has 1 fully saturated rings. The number of hydrogen-bond donors (Lipinski definition) is 1. The summed E-state index contributed by atoms with van der Waals surface area (Å²) in [6.45, 7) is 2.17. The highest BCUT2D eigenvalue weighted by molar-refractivity contribution is 8.32. The summed E-state index contributed by atoms with van der Waals surface area (Å²) in [5.41, 5.74) is 0. The maximum Gasteiger partial charge on any atom is 0.0632 e. The highest BCUT2D eigenvalue weighted by Crippen LogP contribution is 2.38. The molecule has 0 radical (unpaired) electrons. The number of thioether (sulfide) groups is 3. The van der Waals surface area contributed by atoms with E-state index in [0.717, 1.165) is 4.58 Å². The van der Waals surface area contributed by atoms with E-state index < -0.39 is 0 Å². The van der Waals surface area contributed by atoms with Crippen molar-refractivity contribution in [2.75, 3.05) is 10.2 Å². The molecule has 1 saturated heterocycles. The molecule has 0 aromatic carbocycles. The Kier molecular flexibility index (Phi) is 4.07. The van der Waals surface area contributed by atoms with Gasteiger partial charge in [-0.3, -0.25) is 0 Å². The topological polar surface area (TPSA) is 0 Å². The minimum Gasteiger partial charge on any atom is -0.174 e. The third-order valence-corrected chi connectivity index (χ3v) is 6.44. The molecule has 1 aliphatic heterocycles. The van der Waals surface area contributed by atoms with Crippen molar-refractivity contribution in [1.82, 2.24) is 0 Å². The van der Waals surface area contributed by atoms with Crippen molar-refractivity contribution < 1.29 is 0 Å². The first-order valence-electron chi connectivity index (χ1n) is 2.79. The van der Waals surface area contributed by atoms with Crippen LogP contribution in [0.5, 0.6) is 0 Å². The zero-order chi connectivity index (χ0) is 6.69. The van der Waals surface area contributed by atoms with Crippen LogP contribution in [-0.4, -0.2) is 20.0 Å². The molecule has 1 heterocycles. The summed E-state index contributed by atoms with van der Waals surface area (Å²) in [4.78, 5) is 0. The van der Waals surface area contributed by atoms with Crippen LogP contribution in [0.15, 0.2) is 0 Å². The zero-order valence-electron chi connectivity index (χ0n) is 5.24.